The number of amides is 4. The Balaban J connectivity index is 1.51. The van der Waals surface area contributed by atoms with Crippen LogP contribution in [-0.4, -0.2) is 60.5 Å². The van der Waals surface area contributed by atoms with Gasteiger partial charge < -0.3 is 19.7 Å². The second-order valence-corrected chi connectivity index (χ2v) is 8.44. The van der Waals surface area contributed by atoms with E-state index in [9.17, 15) is 14.4 Å². The minimum Gasteiger partial charge on any atom is -0.490 e. The molecular formula is C22H29N3O5. The molecule has 1 aliphatic carbocycles. The van der Waals surface area contributed by atoms with Crippen molar-refractivity contribution in [2.75, 3.05) is 32.8 Å². The highest BCUT2D eigenvalue weighted by Gasteiger charge is 2.50. The predicted molar refractivity (Wildman–Crippen MR) is 109 cm³/mol. The SMILES string of the molecule is CCCN(CC1CC1)C(=O)CN1C(=O)NC(C)(c2ccc3c(c2)OCCCO3)C1=O. The summed E-state index contributed by atoms with van der Waals surface area (Å²) in [7, 11) is 0. The molecule has 0 bridgehead atoms. The Morgan fingerprint density at radius 2 is 1.97 bits per heavy atom. The molecule has 1 aromatic rings. The lowest BCUT2D eigenvalue weighted by molar-refractivity contribution is -0.139. The number of nitrogens with one attached hydrogen (secondary N) is 1. The Labute approximate surface area is 176 Å². The van der Waals surface area contributed by atoms with Crippen LogP contribution in [0, 0.1) is 5.92 Å². The molecule has 1 saturated heterocycles. The van der Waals surface area contributed by atoms with E-state index in [2.05, 4.69) is 5.32 Å². The van der Waals surface area contributed by atoms with Crippen LogP contribution in [0.15, 0.2) is 18.2 Å². The maximum Gasteiger partial charge on any atom is 0.325 e. The fourth-order valence-corrected chi connectivity index (χ4v) is 3.95. The van der Waals surface area contributed by atoms with E-state index >= 15 is 0 Å². The topological polar surface area (TPSA) is 88.2 Å². The van der Waals surface area contributed by atoms with Gasteiger partial charge in [0.05, 0.1) is 13.2 Å². The first kappa shape index (κ1) is 20.5. The van der Waals surface area contributed by atoms with Crippen LogP contribution in [-0.2, 0) is 15.1 Å². The highest BCUT2D eigenvalue weighted by molar-refractivity contribution is 6.09. The summed E-state index contributed by atoms with van der Waals surface area (Å²) in [6.07, 6.45) is 3.90. The van der Waals surface area contributed by atoms with Crippen LogP contribution in [0.5, 0.6) is 11.5 Å². The van der Waals surface area contributed by atoms with Crippen molar-refractivity contribution >= 4 is 17.8 Å². The summed E-state index contributed by atoms with van der Waals surface area (Å²) in [6, 6.07) is 4.70. The van der Waals surface area contributed by atoms with Gasteiger partial charge in [-0.15, -0.1) is 0 Å². The molecule has 0 radical (unpaired) electrons. The summed E-state index contributed by atoms with van der Waals surface area (Å²) >= 11 is 0. The smallest absolute Gasteiger partial charge is 0.325 e. The average Bonchev–Trinajstić information content (AvgIpc) is 3.54. The van der Waals surface area contributed by atoms with Crippen LogP contribution in [0.4, 0.5) is 4.79 Å². The Bertz CT molecular complexity index is 853. The Morgan fingerprint density at radius 1 is 1.23 bits per heavy atom. The first-order chi connectivity index (χ1) is 14.4. The van der Waals surface area contributed by atoms with Crippen LogP contribution < -0.4 is 14.8 Å². The van der Waals surface area contributed by atoms with E-state index in [1.165, 1.54) is 0 Å². The van der Waals surface area contributed by atoms with Gasteiger partial charge in [0.1, 0.15) is 12.1 Å². The van der Waals surface area contributed by atoms with Crippen molar-refractivity contribution < 1.29 is 23.9 Å². The summed E-state index contributed by atoms with van der Waals surface area (Å²) < 4.78 is 11.4. The van der Waals surface area contributed by atoms with Crippen LogP contribution in [0.25, 0.3) is 0 Å². The quantitative estimate of drug-likeness (QED) is 0.690. The maximum absolute atomic E-state index is 13.2. The van der Waals surface area contributed by atoms with Crippen molar-refractivity contribution in [2.24, 2.45) is 5.92 Å². The number of nitrogens with zero attached hydrogens (tertiary/aromatic N) is 2. The summed E-state index contributed by atoms with van der Waals surface area (Å²) in [5.41, 5.74) is -0.655. The molecule has 0 aromatic heterocycles. The van der Waals surface area contributed by atoms with Gasteiger partial charge in [-0.3, -0.25) is 14.5 Å². The molecule has 8 heteroatoms. The lowest BCUT2D eigenvalue weighted by atomic mass is 9.91. The molecule has 3 aliphatic rings. The Morgan fingerprint density at radius 3 is 2.67 bits per heavy atom. The number of ether oxygens (including phenoxy) is 2. The second-order valence-electron chi connectivity index (χ2n) is 8.44. The molecule has 1 saturated carbocycles. The van der Waals surface area contributed by atoms with Gasteiger partial charge in [-0.25, -0.2) is 4.79 Å². The highest BCUT2D eigenvalue weighted by Crippen LogP contribution is 2.36. The first-order valence-corrected chi connectivity index (χ1v) is 10.7. The van der Waals surface area contributed by atoms with E-state index in [1.54, 1.807) is 30.0 Å². The zero-order chi connectivity index (χ0) is 21.3. The molecule has 4 rings (SSSR count). The monoisotopic (exact) mass is 415 g/mol. The van der Waals surface area contributed by atoms with Gasteiger partial charge in [0.25, 0.3) is 5.91 Å². The molecule has 2 aliphatic heterocycles. The normalized spacial score (nSPS) is 23.2. The summed E-state index contributed by atoms with van der Waals surface area (Å²) in [5, 5.41) is 2.77. The van der Waals surface area contributed by atoms with Gasteiger partial charge >= 0.3 is 6.03 Å². The zero-order valence-corrected chi connectivity index (χ0v) is 17.6. The minimum atomic E-state index is -1.26. The van der Waals surface area contributed by atoms with Crippen molar-refractivity contribution in [3.63, 3.8) is 0 Å². The van der Waals surface area contributed by atoms with Gasteiger partial charge in [0.2, 0.25) is 5.91 Å². The molecule has 1 unspecified atom stereocenters. The molecule has 30 heavy (non-hydrogen) atoms. The lowest BCUT2D eigenvalue weighted by Gasteiger charge is -2.25. The van der Waals surface area contributed by atoms with Crippen molar-refractivity contribution in [1.82, 2.24) is 15.1 Å². The number of fused-ring (bicyclic) bond motifs is 1. The highest BCUT2D eigenvalue weighted by atomic mass is 16.5. The second kappa shape index (κ2) is 8.16. The van der Waals surface area contributed by atoms with E-state index in [4.69, 9.17) is 9.47 Å². The molecule has 1 N–H and O–H groups in total. The maximum atomic E-state index is 13.2. The van der Waals surface area contributed by atoms with E-state index in [0.717, 1.165) is 30.6 Å². The molecule has 4 amide bonds. The Kier molecular flexibility index (Phi) is 5.58. The van der Waals surface area contributed by atoms with Crippen LogP contribution >= 0.6 is 0 Å². The number of imide groups is 1. The summed E-state index contributed by atoms with van der Waals surface area (Å²) in [4.78, 5) is 41.5. The number of hydrogen-bond donors (Lipinski definition) is 1. The number of benzene rings is 1. The molecule has 162 valence electrons. The predicted octanol–water partition coefficient (Wildman–Crippen LogP) is 2.26. The lowest BCUT2D eigenvalue weighted by Crippen LogP contribution is -2.45. The third-order valence-electron chi connectivity index (χ3n) is 5.91. The van der Waals surface area contributed by atoms with E-state index < -0.39 is 17.5 Å². The van der Waals surface area contributed by atoms with Gasteiger partial charge in [-0.05, 0) is 49.8 Å². The van der Waals surface area contributed by atoms with Crippen molar-refractivity contribution in [3.8, 4) is 11.5 Å². The fourth-order valence-electron chi connectivity index (χ4n) is 3.95. The molecule has 2 fully saturated rings. The van der Waals surface area contributed by atoms with E-state index in [-0.39, 0.29) is 12.5 Å². The zero-order valence-electron chi connectivity index (χ0n) is 17.6. The van der Waals surface area contributed by atoms with Crippen molar-refractivity contribution in [2.45, 2.75) is 45.1 Å². The van der Waals surface area contributed by atoms with Crippen molar-refractivity contribution in [1.29, 1.82) is 0 Å². The third kappa shape index (κ3) is 3.95. The minimum absolute atomic E-state index is 0.185. The van der Waals surface area contributed by atoms with Crippen LogP contribution in [0.1, 0.15) is 45.1 Å². The number of rotatable bonds is 7. The molecular weight excluding hydrogens is 386 g/mol. The van der Waals surface area contributed by atoms with Crippen LogP contribution in [0.2, 0.25) is 0 Å². The molecule has 1 atom stereocenters. The number of urea groups is 1. The van der Waals surface area contributed by atoms with E-state index in [1.807, 2.05) is 6.92 Å². The Hall–Kier alpha value is -2.77. The molecule has 0 spiro atoms. The summed E-state index contributed by atoms with van der Waals surface area (Å²) in [6.45, 7) is 5.88. The van der Waals surface area contributed by atoms with Crippen LogP contribution in [0.3, 0.4) is 0 Å². The third-order valence-corrected chi connectivity index (χ3v) is 5.91. The van der Waals surface area contributed by atoms with E-state index in [0.29, 0.717) is 49.3 Å². The molecule has 2 heterocycles. The van der Waals surface area contributed by atoms with Crippen molar-refractivity contribution in [3.05, 3.63) is 23.8 Å². The fraction of sp³-hybridized carbons (Fsp3) is 0.591. The number of carbonyl (C=O) groups is 3. The largest absolute Gasteiger partial charge is 0.490 e. The van der Waals surface area contributed by atoms with Gasteiger partial charge in [0, 0.05) is 19.5 Å². The van der Waals surface area contributed by atoms with Gasteiger partial charge in [-0.2, -0.15) is 0 Å². The molecule has 1 aromatic carbocycles. The number of carbonyl (C=O) groups excluding carboxylic acids is 3. The summed E-state index contributed by atoms with van der Waals surface area (Å²) in [5.74, 6) is 1.12. The first-order valence-electron chi connectivity index (χ1n) is 10.7. The average molecular weight is 415 g/mol. The van der Waals surface area contributed by atoms with Gasteiger partial charge in [-0.1, -0.05) is 13.0 Å². The molecule has 8 nitrogen and oxygen atoms in total. The number of hydrogen-bond acceptors (Lipinski definition) is 5. The standard InChI is InChI=1S/C22H29N3O5/c1-3-9-24(13-15-5-6-15)19(26)14-25-20(27)22(2,23-21(25)28)16-7-8-17-18(12-16)30-11-4-10-29-17/h7-8,12,15H,3-6,9-11,13-14H2,1-2H3,(H,23,28). The van der Waals surface area contributed by atoms with Gasteiger partial charge in [0.15, 0.2) is 11.5 Å².